The Morgan fingerprint density at radius 3 is 2.04 bits per heavy atom. The summed E-state index contributed by atoms with van der Waals surface area (Å²) in [5, 5.41) is 4.86. The molecule has 150 valence electrons. The summed E-state index contributed by atoms with van der Waals surface area (Å²) in [6.07, 6.45) is -0.770. The molecule has 9 heteroatoms. The van der Waals surface area contributed by atoms with E-state index in [0.29, 0.717) is 0 Å². The van der Waals surface area contributed by atoms with E-state index < -0.39 is 41.6 Å². The van der Waals surface area contributed by atoms with Gasteiger partial charge in [0.2, 0.25) is 5.91 Å². The topological polar surface area (TPSA) is 120 Å². The van der Waals surface area contributed by atoms with Gasteiger partial charge in [0.25, 0.3) is 0 Å². The largest absolute Gasteiger partial charge is 0.466 e. The van der Waals surface area contributed by atoms with Crippen LogP contribution in [0, 0.1) is 0 Å². The maximum atomic E-state index is 12.2. The number of amides is 2. The van der Waals surface area contributed by atoms with Gasteiger partial charge in [0, 0.05) is 6.42 Å². The molecule has 0 aliphatic carbocycles. The molecule has 0 bridgehead atoms. The van der Waals surface area contributed by atoms with Crippen molar-refractivity contribution in [2.24, 2.45) is 0 Å². The van der Waals surface area contributed by atoms with Crippen molar-refractivity contribution in [3.8, 4) is 0 Å². The van der Waals surface area contributed by atoms with Crippen LogP contribution in [0.25, 0.3) is 0 Å². The zero-order valence-electron chi connectivity index (χ0n) is 16.3. The zero-order chi connectivity index (χ0) is 20.3. The number of rotatable bonds is 9. The Bertz CT molecular complexity index is 500. The monoisotopic (exact) mass is 374 g/mol. The molecule has 2 unspecified atom stereocenters. The Kier molecular flexibility index (Phi) is 10.3. The van der Waals surface area contributed by atoms with Crippen molar-refractivity contribution in [3.05, 3.63) is 0 Å². The Balaban J connectivity index is 4.75. The summed E-state index contributed by atoms with van der Waals surface area (Å²) in [6, 6.07) is -1.96. The van der Waals surface area contributed by atoms with Gasteiger partial charge in [-0.1, -0.05) is 0 Å². The first-order chi connectivity index (χ1) is 12.0. The summed E-state index contributed by atoms with van der Waals surface area (Å²) in [4.78, 5) is 47.4. The lowest BCUT2D eigenvalue weighted by Crippen LogP contribution is -2.51. The fourth-order valence-corrected chi connectivity index (χ4v) is 1.83. The maximum absolute atomic E-state index is 12.2. The molecule has 0 radical (unpaired) electrons. The molecule has 0 aromatic rings. The van der Waals surface area contributed by atoms with Gasteiger partial charge in [-0.05, 0) is 48.0 Å². The van der Waals surface area contributed by atoms with Crippen molar-refractivity contribution in [2.75, 3.05) is 13.2 Å². The highest BCUT2D eigenvalue weighted by atomic mass is 16.6. The molecule has 0 heterocycles. The quantitative estimate of drug-likeness (QED) is 0.461. The number of alkyl carbamates (subject to hydrolysis) is 1. The van der Waals surface area contributed by atoms with Gasteiger partial charge in [-0.25, -0.2) is 9.59 Å². The summed E-state index contributed by atoms with van der Waals surface area (Å²) in [5.41, 5.74) is -0.701. The minimum Gasteiger partial charge on any atom is -0.466 e. The third kappa shape index (κ3) is 10.5. The van der Waals surface area contributed by atoms with Gasteiger partial charge < -0.3 is 24.8 Å². The predicted molar refractivity (Wildman–Crippen MR) is 93.3 cm³/mol. The zero-order valence-corrected chi connectivity index (χ0v) is 16.3. The van der Waals surface area contributed by atoms with Crippen LogP contribution in [0.15, 0.2) is 0 Å². The lowest BCUT2D eigenvalue weighted by atomic mass is 10.1. The van der Waals surface area contributed by atoms with E-state index in [1.54, 1.807) is 34.6 Å². The lowest BCUT2D eigenvalue weighted by Gasteiger charge is -2.23. The third-order valence-electron chi connectivity index (χ3n) is 2.96. The molecule has 2 atom stereocenters. The summed E-state index contributed by atoms with van der Waals surface area (Å²) in [7, 11) is 0. The van der Waals surface area contributed by atoms with E-state index >= 15 is 0 Å². The summed E-state index contributed by atoms with van der Waals surface area (Å²) < 4.78 is 14.8. The number of carbonyl (C=O) groups is 4. The smallest absolute Gasteiger partial charge is 0.408 e. The molecule has 9 nitrogen and oxygen atoms in total. The van der Waals surface area contributed by atoms with Crippen LogP contribution in [0.2, 0.25) is 0 Å². The Labute approximate surface area is 154 Å². The van der Waals surface area contributed by atoms with Crippen LogP contribution < -0.4 is 10.6 Å². The number of hydrogen-bond acceptors (Lipinski definition) is 7. The van der Waals surface area contributed by atoms with Gasteiger partial charge >= 0.3 is 18.0 Å². The van der Waals surface area contributed by atoms with Crippen molar-refractivity contribution in [2.45, 2.75) is 72.1 Å². The van der Waals surface area contributed by atoms with Crippen LogP contribution in [0.5, 0.6) is 0 Å². The van der Waals surface area contributed by atoms with E-state index in [1.807, 2.05) is 0 Å². The second-order valence-corrected chi connectivity index (χ2v) is 6.52. The van der Waals surface area contributed by atoms with Crippen LogP contribution in [0.4, 0.5) is 4.79 Å². The Morgan fingerprint density at radius 2 is 1.54 bits per heavy atom. The van der Waals surface area contributed by atoms with Crippen LogP contribution in [0.3, 0.4) is 0 Å². The number of hydrogen-bond donors (Lipinski definition) is 2. The minimum atomic E-state index is -1.02. The van der Waals surface area contributed by atoms with Gasteiger partial charge in [-0.2, -0.15) is 0 Å². The fourth-order valence-electron chi connectivity index (χ4n) is 1.83. The fraction of sp³-hybridized carbons (Fsp3) is 0.765. The first-order valence-electron chi connectivity index (χ1n) is 8.62. The molecule has 2 N–H and O–H groups in total. The molecule has 0 aliphatic rings. The van der Waals surface area contributed by atoms with Crippen molar-refractivity contribution in [1.29, 1.82) is 0 Å². The molecule has 2 amide bonds. The summed E-state index contributed by atoms with van der Waals surface area (Å²) >= 11 is 0. The van der Waals surface area contributed by atoms with E-state index in [-0.39, 0.29) is 26.1 Å². The molecule has 0 spiro atoms. The van der Waals surface area contributed by atoms with Gasteiger partial charge in [-0.15, -0.1) is 0 Å². The van der Waals surface area contributed by atoms with Crippen LogP contribution in [-0.2, 0) is 28.6 Å². The lowest BCUT2D eigenvalue weighted by molar-refractivity contribution is -0.149. The van der Waals surface area contributed by atoms with Crippen molar-refractivity contribution in [3.63, 3.8) is 0 Å². The summed E-state index contributed by atoms with van der Waals surface area (Å²) in [6.45, 7) is 10.2. The predicted octanol–water partition coefficient (Wildman–Crippen LogP) is 1.29. The van der Waals surface area contributed by atoms with Gasteiger partial charge in [-0.3, -0.25) is 9.59 Å². The molecule has 0 aromatic heterocycles. The molecular weight excluding hydrogens is 344 g/mol. The van der Waals surface area contributed by atoms with Crippen molar-refractivity contribution < 1.29 is 33.4 Å². The maximum Gasteiger partial charge on any atom is 0.408 e. The molecule has 0 saturated carbocycles. The normalized spacial score (nSPS) is 13.2. The molecule has 0 aromatic carbocycles. The minimum absolute atomic E-state index is 0.0303. The highest BCUT2D eigenvalue weighted by Crippen LogP contribution is 2.07. The van der Waals surface area contributed by atoms with Crippen molar-refractivity contribution in [1.82, 2.24) is 10.6 Å². The first kappa shape index (κ1) is 23.7. The molecular formula is C17H30N2O7. The first-order valence-corrected chi connectivity index (χ1v) is 8.62. The number of carbonyl (C=O) groups excluding carboxylic acids is 4. The molecule has 26 heavy (non-hydrogen) atoms. The van der Waals surface area contributed by atoms with Crippen LogP contribution in [-0.4, -0.2) is 54.8 Å². The number of esters is 2. The van der Waals surface area contributed by atoms with Crippen LogP contribution >= 0.6 is 0 Å². The summed E-state index contributed by atoms with van der Waals surface area (Å²) in [5.74, 6) is -1.73. The second-order valence-electron chi connectivity index (χ2n) is 6.52. The average Bonchev–Trinajstić information content (AvgIpc) is 2.49. The molecule has 0 rings (SSSR count). The van der Waals surface area contributed by atoms with E-state index in [0.717, 1.165) is 0 Å². The Morgan fingerprint density at radius 1 is 0.962 bits per heavy atom. The van der Waals surface area contributed by atoms with Crippen LogP contribution in [0.1, 0.15) is 54.4 Å². The second kappa shape index (κ2) is 11.3. The van der Waals surface area contributed by atoms with E-state index in [9.17, 15) is 19.2 Å². The van der Waals surface area contributed by atoms with E-state index in [1.165, 1.54) is 6.92 Å². The van der Waals surface area contributed by atoms with E-state index in [2.05, 4.69) is 10.6 Å². The molecule has 0 aliphatic heterocycles. The number of nitrogens with one attached hydrogen (secondary N) is 2. The van der Waals surface area contributed by atoms with Gasteiger partial charge in [0.1, 0.15) is 17.7 Å². The number of ether oxygens (including phenoxy) is 3. The highest BCUT2D eigenvalue weighted by molar-refractivity contribution is 5.89. The standard InChI is InChI=1S/C17H30N2O7/c1-7-24-13(20)10-9-12(15(22)25-8-2)19-14(21)11(3)18-16(23)26-17(4,5)6/h11-12H,7-10H2,1-6H3,(H,18,23)(H,19,21). The highest BCUT2D eigenvalue weighted by Gasteiger charge is 2.27. The average molecular weight is 374 g/mol. The molecule has 0 fully saturated rings. The van der Waals surface area contributed by atoms with Gasteiger partial charge in [0.05, 0.1) is 13.2 Å². The van der Waals surface area contributed by atoms with E-state index in [4.69, 9.17) is 14.2 Å². The third-order valence-corrected chi connectivity index (χ3v) is 2.96. The Hall–Kier alpha value is -2.32. The SMILES string of the molecule is CCOC(=O)CCC(NC(=O)C(C)NC(=O)OC(C)(C)C)C(=O)OCC. The van der Waals surface area contributed by atoms with Crippen molar-refractivity contribution >= 4 is 23.9 Å². The van der Waals surface area contributed by atoms with Gasteiger partial charge in [0.15, 0.2) is 0 Å². The molecule has 0 saturated heterocycles.